The number of nitrogens with two attached hydrogens (primary N) is 1. The molecule has 2 nitrogen and oxygen atoms in total. The molecule has 2 rings (SSSR count). The molecule has 0 amide bonds. The maximum atomic E-state index is 6.26. The van der Waals surface area contributed by atoms with E-state index < -0.39 is 0 Å². The minimum atomic E-state index is 0.213. The fraction of sp³-hybridized carbons (Fsp3) is 0.438. The third-order valence-corrected chi connectivity index (χ3v) is 4.91. The fourth-order valence-electron chi connectivity index (χ4n) is 2.08. The van der Waals surface area contributed by atoms with Crippen molar-refractivity contribution in [3.8, 4) is 0 Å². The number of fused-ring (bicyclic) bond motifs is 1. The largest absolute Gasteiger partial charge is 0.327 e. The Morgan fingerprint density at radius 1 is 1.26 bits per heavy atom. The summed E-state index contributed by atoms with van der Waals surface area (Å²) >= 11 is 1.97. The lowest BCUT2D eigenvalue weighted by atomic mass is 10.0. The number of para-hydroxylation sites is 1. The summed E-state index contributed by atoms with van der Waals surface area (Å²) in [5.74, 6) is 1.02. The molecule has 0 fully saturated rings. The minimum absolute atomic E-state index is 0.213. The second kappa shape index (κ2) is 6.92. The summed E-state index contributed by atoms with van der Waals surface area (Å²) in [5.41, 5.74) is 8.62. The summed E-state index contributed by atoms with van der Waals surface area (Å²) in [6.07, 6.45) is 4.01. The van der Waals surface area contributed by atoms with Crippen molar-refractivity contribution >= 4 is 22.7 Å². The van der Waals surface area contributed by atoms with E-state index in [4.69, 9.17) is 5.73 Å². The normalized spacial score (nSPS) is 14.5. The molecule has 0 saturated heterocycles. The Hall–Kier alpha value is -1.06. The molecular weight excluding hydrogens is 252 g/mol. The molecule has 0 aliphatic heterocycles. The van der Waals surface area contributed by atoms with Gasteiger partial charge in [0.2, 0.25) is 0 Å². The summed E-state index contributed by atoms with van der Waals surface area (Å²) in [7, 11) is 0. The first-order valence-electron chi connectivity index (χ1n) is 6.90. The SMILES string of the molecule is CCC(C)SCC(N)Cc1ccnc2ccccc12. The Morgan fingerprint density at radius 3 is 2.84 bits per heavy atom. The molecule has 0 aliphatic carbocycles. The van der Waals surface area contributed by atoms with E-state index in [1.807, 2.05) is 24.0 Å². The predicted octanol–water partition coefficient (Wildman–Crippen LogP) is 3.64. The van der Waals surface area contributed by atoms with Crippen LogP contribution in [0, 0.1) is 0 Å². The van der Waals surface area contributed by atoms with Crippen LogP contribution < -0.4 is 5.73 Å². The number of pyridine rings is 1. The summed E-state index contributed by atoms with van der Waals surface area (Å²) in [4.78, 5) is 4.39. The van der Waals surface area contributed by atoms with E-state index in [2.05, 4.69) is 43.1 Å². The van der Waals surface area contributed by atoms with Crippen molar-refractivity contribution in [1.29, 1.82) is 0 Å². The molecule has 2 N–H and O–H groups in total. The summed E-state index contributed by atoms with van der Waals surface area (Å²) in [6, 6.07) is 10.6. The smallest absolute Gasteiger partial charge is 0.0704 e. The van der Waals surface area contributed by atoms with Gasteiger partial charge in [-0.15, -0.1) is 0 Å². The van der Waals surface area contributed by atoms with Gasteiger partial charge in [-0.25, -0.2) is 0 Å². The Balaban J connectivity index is 2.04. The van der Waals surface area contributed by atoms with Gasteiger partial charge in [0.15, 0.2) is 0 Å². The Labute approximate surface area is 119 Å². The molecule has 19 heavy (non-hydrogen) atoms. The van der Waals surface area contributed by atoms with Crippen molar-refractivity contribution in [2.45, 2.75) is 38.0 Å². The van der Waals surface area contributed by atoms with Crippen molar-refractivity contribution in [3.63, 3.8) is 0 Å². The van der Waals surface area contributed by atoms with E-state index in [1.165, 1.54) is 17.4 Å². The highest BCUT2D eigenvalue weighted by Crippen LogP contribution is 2.20. The van der Waals surface area contributed by atoms with Crippen LogP contribution in [0.2, 0.25) is 0 Å². The highest BCUT2D eigenvalue weighted by atomic mass is 32.2. The number of thioether (sulfide) groups is 1. The van der Waals surface area contributed by atoms with Crippen molar-refractivity contribution in [2.75, 3.05) is 5.75 Å². The van der Waals surface area contributed by atoms with E-state index in [-0.39, 0.29) is 6.04 Å². The van der Waals surface area contributed by atoms with Crippen LogP contribution in [0.25, 0.3) is 10.9 Å². The highest BCUT2D eigenvalue weighted by molar-refractivity contribution is 7.99. The molecule has 3 heteroatoms. The maximum absolute atomic E-state index is 6.26. The number of rotatable bonds is 6. The van der Waals surface area contributed by atoms with Gasteiger partial charge in [0.25, 0.3) is 0 Å². The Kier molecular flexibility index (Phi) is 5.23. The maximum Gasteiger partial charge on any atom is 0.0704 e. The summed E-state index contributed by atoms with van der Waals surface area (Å²) < 4.78 is 0. The van der Waals surface area contributed by atoms with Crippen LogP contribution in [-0.4, -0.2) is 22.0 Å². The highest BCUT2D eigenvalue weighted by Gasteiger charge is 2.09. The van der Waals surface area contributed by atoms with Gasteiger partial charge in [-0.05, 0) is 30.5 Å². The van der Waals surface area contributed by atoms with Crippen molar-refractivity contribution in [1.82, 2.24) is 4.98 Å². The molecule has 0 spiro atoms. The second-order valence-electron chi connectivity index (χ2n) is 5.00. The van der Waals surface area contributed by atoms with Crippen LogP contribution >= 0.6 is 11.8 Å². The number of hydrogen-bond acceptors (Lipinski definition) is 3. The third-order valence-electron chi connectivity index (χ3n) is 3.39. The van der Waals surface area contributed by atoms with E-state index in [0.717, 1.165) is 17.7 Å². The molecule has 2 aromatic rings. The fourth-order valence-corrected chi connectivity index (χ4v) is 3.01. The van der Waals surface area contributed by atoms with Crippen LogP contribution in [0.1, 0.15) is 25.8 Å². The van der Waals surface area contributed by atoms with Gasteiger partial charge in [0.1, 0.15) is 0 Å². The standard InChI is InChI=1S/C16H22N2S/c1-3-12(2)19-11-14(17)10-13-8-9-18-16-7-5-4-6-15(13)16/h4-9,12,14H,3,10-11,17H2,1-2H3. The van der Waals surface area contributed by atoms with Gasteiger partial charge in [-0.3, -0.25) is 4.98 Å². The zero-order valence-corrected chi connectivity index (χ0v) is 12.5. The van der Waals surface area contributed by atoms with Gasteiger partial charge >= 0.3 is 0 Å². The van der Waals surface area contributed by atoms with Gasteiger partial charge in [-0.2, -0.15) is 11.8 Å². The van der Waals surface area contributed by atoms with Crippen LogP contribution in [0.15, 0.2) is 36.5 Å². The van der Waals surface area contributed by atoms with Gasteiger partial charge in [0, 0.05) is 28.6 Å². The molecule has 0 aliphatic rings. The monoisotopic (exact) mass is 274 g/mol. The molecule has 1 aromatic heterocycles. The lowest BCUT2D eigenvalue weighted by Gasteiger charge is -2.15. The number of aromatic nitrogens is 1. The molecular formula is C16H22N2S. The number of nitrogens with zero attached hydrogens (tertiary/aromatic N) is 1. The molecule has 0 bridgehead atoms. The summed E-state index contributed by atoms with van der Waals surface area (Å²) in [6.45, 7) is 4.48. The average molecular weight is 274 g/mol. The lowest BCUT2D eigenvalue weighted by Crippen LogP contribution is -2.26. The van der Waals surface area contributed by atoms with Crippen LogP contribution in [-0.2, 0) is 6.42 Å². The van der Waals surface area contributed by atoms with Gasteiger partial charge in [-0.1, -0.05) is 32.0 Å². The van der Waals surface area contributed by atoms with Gasteiger partial charge < -0.3 is 5.73 Å². The molecule has 2 unspecified atom stereocenters. The molecule has 2 atom stereocenters. The van der Waals surface area contributed by atoms with Crippen molar-refractivity contribution in [3.05, 3.63) is 42.1 Å². The van der Waals surface area contributed by atoms with Crippen molar-refractivity contribution in [2.24, 2.45) is 5.73 Å². The van der Waals surface area contributed by atoms with Crippen molar-refractivity contribution < 1.29 is 0 Å². The zero-order chi connectivity index (χ0) is 13.7. The van der Waals surface area contributed by atoms with Crippen LogP contribution in [0.4, 0.5) is 0 Å². The second-order valence-corrected chi connectivity index (χ2v) is 6.48. The van der Waals surface area contributed by atoms with E-state index >= 15 is 0 Å². The first kappa shape index (κ1) is 14.4. The Bertz CT molecular complexity index is 522. The number of benzene rings is 1. The lowest BCUT2D eigenvalue weighted by molar-refractivity contribution is 0.748. The molecule has 0 radical (unpaired) electrons. The van der Waals surface area contributed by atoms with E-state index in [9.17, 15) is 0 Å². The molecule has 0 saturated carbocycles. The minimum Gasteiger partial charge on any atom is -0.327 e. The predicted molar refractivity (Wildman–Crippen MR) is 85.6 cm³/mol. The first-order chi connectivity index (χ1) is 9.20. The molecule has 1 heterocycles. The van der Waals surface area contributed by atoms with Crippen LogP contribution in [0.5, 0.6) is 0 Å². The topological polar surface area (TPSA) is 38.9 Å². The average Bonchev–Trinajstić information content (AvgIpc) is 2.45. The van der Waals surface area contributed by atoms with Crippen LogP contribution in [0.3, 0.4) is 0 Å². The van der Waals surface area contributed by atoms with E-state index in [0.29, 0.717) is 5.25 Å². The zero-order valence-electron chi connectivity index (χ0n) is 11.7. The summed E-state index contributed by atoms with van der Waals surface area (Å²) in [5, 5.41) is 1.93. The first-order valence-corrected chi connectivity index (χ1v) is 7.95. The number of hydrogen-bond donors (Lipinski definition) is 1. The van der Waals surface area contributed by atoms with Gasteiger partial charge in [0.05, 0.1) is 5.52 Å². The molecule has 1 aromatic carbocycles. The molecule has 102 valence electrons. The third kappa shape index (κ3) is 3.95. The Morgan fingerprint density at radius 2 is 2.05 bits per heavy atom. The van der Waals surface area contributed by atoms with E-state index in [1.54, 1.807) is 0 Å². The quantitative estimate of drug-likeness (QED) is 0.874.